The zero-order valence-corrected chi connectivity index (χ0v) is 17.0. The zero-order chi connectivity index (χ0) is 19.7. The number of allylic oxidation sites excluding steroid dienone is 11. The van der Waals surface area contributed by atoms with Crippen molar-refractivity contribution in [3.8, 4) is 0 Å². The highest BCUT2D eigenvalue weighted by molar-refractivity contribution is 5.68. The Bertz CT molecular complexity index is 451. The predicted octanol–water partition coefficient (Wildman–Crippen LogP) is 7.27. The summed E-state index contributed by atoms with van der Waals surface area (Å²) in [5, 5.41) is 0. The Kier molecular flexibility index (Phi) is 25.3. The molecular formula is C24H38O2. The molecule has 0 spiro atoms. The number of carbonyl (C=O) groups excluding carboxylic acids is 1. The SMILES string of the molecule is C=CC/C=C\C/C=C/C/C=C/C/C=C/C/C=C/CC.CCOC(=O)CC. The van der Waals surface area contributed by atoms with E-state index in [1.165, 1.54) is 0 Å². The molecular weight excluding hydrogens is 320 g/mol. The van der Waals surface area contributed by atoms with Crippen molar-refractivity contribution in [1.82, 2.24) is 0 Å². The zero-order valence-electron chi connectivity index (χ0n) is 17.0. The molecule has 0 rings (SSSR count). The Morgan fingerprint density at radius 3 is 1.35 bits per heavy atom. The molecule has 26 heavy (non-hydrogen) atoms. The lowest BCUT2D eigenvalue weighted by molar-refractivity contribution is -0.142. The maximum absolute atomic E-state index is 10.2. The topological polar surface area (TPSA) is 26.3 Å². The lowest BCUT2D eigenvalue weighted by atomic mass is 10.2. The summed E-state index contributed by atoms with van der Waals surface area (Å²) in [6.07, 6.45) is 30.6. The summed E-state index contributed by atoms with van der Waals surface area (Å²) >= 11 is 0. The minimum Gasteiger partial charge on any atom is -0.466 e. The maximum Gasteiger partial charge on any atom is 0.305 e. The van der Waals surface area contributed by atoms with E-state index in [-0.39, 0.29) is 5.97 Å². The van der Waals surface area contributed by atoms with Crippen LogP contribution in [0.25, 0.3) is 0 Å². The van der Waals surface area contributed by atoms with Gasteiger partial charge in [0, 0.05) is 6.42 Å². The molecule has 0 N–H and O–H groups in total. The van der Waals surface area contributed by atoms with Crippen LogP contribution < -0.4 is 0 Å². The molecule has 0 saturated heterocycles. The summed E-state index contributed by atoms with van der Waals surface area (Å²) in [4.78, 5) is 10.2. The van der Waals surface area contributed by atoms with Crippen molar-refractivity contribution in [2.24, 2.45) is 0 Å². The summed E-state index contributed by atoms with van der Waals surface area (Å²) in [5.41, 5.74) is 0. The third-order valence-corrected chi connectivity index (χ3v) is 3.05. The molecule has 0 bridgehead atoms. The van der Waals surface area contributed by atoms with Gasteiger partial charge in [0.1, 0.15) is 0 Å². The molecule has 2 nitrogen and oxygen atoms in total. The monoisotopic (exact) mass is 358 g/mol. The van der Waals surface area contributed by atoms with Crippen molar-refractivity contribution in [2.75, 3.05) is 6.61 Å². The van der Waals surface area contributed by atoms with Crippen molar-refractivity contribution >= 4 is 5.97 Å². The van der Waals surface area contributed by atoms with E-state index in [4.69, 9.17) is 0 Å². The number of hydrogen-bond acceptors (Lipinski definition) is 2. The fourth-order valence-electron chi connectivity index (χ4n) is 1.71. The Balaban J connectivity index is 0. The normalized spacial score (nSPS) is 11.7. The van der Waals surface area contributed by atoms with Crippen LogP contribution in [0.4, 0.5) is 0 Å². The van der Waals surface area contributed by atoms with E-state index in [0.717, 1.165) is 38.5 Å². The number of rotatable bonds is 13. The third kappa shape index (κ3) is 26.8. The second kappa shape index (κ2) is 25.2. The van der Waals surface area contributed by atoms with Crippen LogP contribution >= 0.6 is 0 Å². The summed E-state index contributed by atoms with van der Waals surface area (Å²) < 4.78 is 4.55. The van der Waals surface area contributed by atoms with Gasteiger partial charge in [-0.2, -0.15) is 0 Å². The van der Waals surface area contributed by atoms with Gasteiger partial charge in [0.25, 0.3) is 0 Å². The minimum absolute atomic E-state index is 0.123. The summed E-state index contributed by atoms with van der Waals surface area (Å²) in [7, 11) is 0. The fraction of sp³-hybridized carbons (Fsp3) is 0.458. The van der Waals surface area contributed by atoms with Gasteiger partial charge in [-0.05, 0) is 45.4 Å². The van der Waals surface area contributed by atoms with E-state index < -0.39 is 0 Å². The first-order valence-corrected chi connectivity index (χ1v) is 9.74. The third-order valence-electron chi connectivity index (χ3n) is 3.05. The van der Waals surface area contributed by atoms with Crippen LogP contribution in [-0.2, 0) is 9.53 Å². The Morgan fingerprint density at radius 2 is 1.08 bits per heavy atom. The van der Waals surface area contributed by atoms with Crippen LogP contribution in [-0.4, -0.2) is 12.6 Å². The van der Waals surface area contributed by atoms with E-state index in [2.05, 4.69) is 79.0 Å². The van der Waals surface area contributed by atoms with Crippen LogP contribution in [0.5, 0.6) is 0 Å². The predicted molar refractivity (Wildman–Crippen MR) is 116 cm³/mol. The van der Waals surface area contributed by atoms with Gasteiger partial charge in [-0.15, -0.1) is 6.58 Å². The Hall–Kier alpha value is -2.09. The molecule has 0 amide bonds. The van der Waals surface area contributed by atoms with Gasteiger partial charge in [0.2, 0.25) is 0 Å². The van der Waals surface area contributed by atoms with Gasteiger partial charge in [-0.25, -0.2) is 0 Å². The van der Waals surface area contributed by atoms with E-state index >= 15 is 0 Å². The fourth-order valence-corrected chi connectivity index (χ4v) is 1.71. The van der Waals surface area contributed by atoms with Gasteiger partial charge >= 0.3 is 5.97 Å². The summed E-state index contributed by atoms with van der Waals surface area (Å²) in [5.74, 6) is -0.123. The minimum atomic E-state index is -0.123. The van der Waals surface area contributed by atoms with Crippen LogP contribution in [0.15, 0.2) is 73.4 Å². The van der Waals surface area contributed by atoms with Gasteiger partial charge < -0.3 is 4.74 Å². The molecule has 0 radical (unpaired) electrons. The first-order chi connectivity index (χ1) is 12.7. The van der Waals surface area contributed by atoms with Gasteiger partial charge in [-0.1, -0.05) is 80.7 Å². The Labute approximate surface area is 161 Å². The largest absolute Gasteiger partial charge is 0.466 e. The van der Waals surface area contributed by atoms with Crippen LogP contribution in [0.1, 0.15) is 65.7 Å². The van der Waals surface area contributed by atoms with E-state index in [1.54, 1.807) is 13.8 Å². The first-order valence-electron chi connectivity index (χ1n) is 9.74. The molecule has 0 aliphatic rings. The van der Waals surface area contributed by atoms with Crippen LogP contribution in [0, 0.1) is 0 Å². The van der Waals surface area contributed by atoms with Crippen molar-refractivity contribution < 1.29 is 9.53 Å². The molecule has 0 saturated carbocycles. The Morgan fingerprint density at radius 1 is 0.692 bits per heavy atom. The molecule has 0 unspecified atom stereocenters. The number of esters is 1. The molecule has 0 aromatic carbocycles. The molecule has 0 aromatic heterocycles. The highest BCUT2D eigenvalue weighted by Gasteiger charge is 1.91. The molecule has 0 aliphatic heterocycles. The van der Waals surface area contributed by atoms with Crippen LogP contribution in [0.3, 0.4) is 0 Å². The molecule has 0 fully saturated rings. The quantitative estimate of drug-likeness (QED) is 0.255. The first kappa shape index (κ1) is 26.1. The molecule has 0 aliphatic carbocycles. The van der Waals surface area contributed by atoms with Gasteiger partial charge in [0.15, 0.2) is 0 Å². The number of hydrogen-bond donors (Lipinski definition) is 0. The van der Waals surface area contributed by atoms with Crippen molar-refractivity contribution in [2.45, 2.75) is 65.7 Å². The van der Waals surface area contributed by atoms with Crippen molar-refractivity contribution in [3.63, 3.8) is 0 Å². The lowest BCUT2D eigenvalue weighted by Crippen LogP contribution is -2.00. The molecule has 146 valence electrons. The molecule has 0 heterocycles. The highest BCUT2D eigenvalue weighted by Crippen LogP contribution is 1.96. The smallest absolute Gasteiger partial charge is 0.305 e. The maximum atomic E-state index is 10.2. The summed E-state index contributed by atoms with van der Waals surface area (Å²) in [6.45, 7) is 9.90. The van der Waals surface area contributed by atoms with Crippen molar-refractivity contribution in [3.05, 3.63) is 73.4 Å². The average Bonchev–Trinajstić information content (AvgIpc) is 2.65. The van der Waals surface area contributed by atoms with Gasteiger partial charge in [0.05, 0.1) is 6.61 Å². The van der Waals surface area contributed by atoms with Gasteiger partial charge in [-0.3, -0.25) is 4.79 Å². The number of carbonyl (C=O) groups is 1. The van der Waals surface area contributed by atoms with Crippen LogP contribution in [0.2, 0.25) is 0 Å². The molecule has 0 aromatic rings. The second-order valence-electron chi connectivity index (χ2n) is 5.39. The second-order valence-corrected chi connectivity index (χ2v) is 5.39. The lowest BCUT2D eigenvalue weighted by Gasteiger charge is -1.93. The molecule has 0 atom stereocenters. The van der Waals surface area contributed by atoms with Crippen molar-refractivity contribution in [1.29, 1.82) is 0 Å². The van der Waals surface area contributed by atoms with E-state index in [9.17, 15) is 4.79 Å². The average molecular weight is 359 g/mol. The number of ether oxygens (including phenoxy) is 1. The van der Waals surface area contributed by atoms with E-state index in [1.807, 2.05) is 6.08 Å². The van der Waals surface area contributed by atoms with E-state index in [0.29, 0.717) is 13.0 Å². The summed E-state index contributed by atoms with van der Waals surface area (Å²) in [6, 6.07) is 0. The standard InChI is InChI=1S/C19H28.C5H10O2/c1-3-5-7-9-11-13-15-17-19-18-16-14-12-10-8-6-4-2;1-3-5(6)7-4-2/h3,6-9,12-15,18-19H,1,4-5,10-11,16-17H2,2H3;3-4H2,1-2H3/b8-6+,9-7-,14-12+,15-13+,19-18+;. The molecule has 2 heteroatoms. The highest BCUT2D eigenvalue weighted by atomic mass is 16.5.